The van der Waals surface area contributed by atoms with Gasteiger partial charge in [-0.25, -0.2) is 14.2 Å². The Balaban J connectivity index is 1.76. The van der Waals surface area contributed by atoms with E-state index in [1.165, 1.54) is 31.5 Å². The Kier molecular flexibility index (Phi) is 6.29. The lowest BCUT2D eigenvalue weighted by atomic mass is 9.81. The number of nitrogens with one attached hydrogen (secondary N) is 1. The van der Waals surface area contributed by atoms with E-state index in [1.54, 1.807) is 12.1 Å². The van der Waals surface area contributed by atoms with E-state index in [0.717, 1.165) is 18.3 Å². The molecule has 0 bridgehead atoms. The SMILES string of the molecule is COC(=O)c1ccc(C(=O)NC2(c3ccc(OC(F)(F)F)c(F)c3)CCOc3cccnc32)cn1. The Hall–Kier alpha value is -4.22. The molecule has 1 aromatic carbocycles. The molecule has 0 saturated heterocycles. The van der Waals surface area contributed by atoms with Gasteiger partial charge < -0.3 is 19.5 Å². The number of carbonyl (C=O) groups excluding carboxylic acids is 2. The maximum absolute atomic E-state index is 14.7. The lowest BCUT2D eigenvalue weighted by molar-refractivity contribution is -0.275. The van der Waals surface area contributed by atoms with Gasteiger partial charge in [0.25, 0.3) is 5.91 Å². The van der Waals surface area contributed by atoms with E-state index in [4.69, 9.17) is 4.74 Å². The lowest BCUT2D eigenvalue weighted by Gasteiger charge is -2.39. The Labute approximate surface area is 195 Å². The van der Waals surface area contributed by atoms with Gasteiger partial charge in [0.15, 0.2) is 11.6 Å². The molecule has 1 amide bonds. The van der Waals surface area contributed by atoms with Crippen LogP contribution in [0.5, 0.6) is 11.5 Å². The van der Waals surface area contributed by atoms with Crippen LogP contribution in [-0.4, -0.2) is 41.9 Å². The smallest absolute Gasteiger partial charge is 0.491 e. The minimum atomic E-state index is -5.08. The average molecular weight is 491 g/mol. The first-order chi connectivity index (χ1) is 16.6. The number of amides is 1. The Morgan fingerprint density at radius 2 is 1.94 bits per heavy atom. The zero-order chi connectivity index (χ0) is 25.2. The van der Waals surface area contributed by atoms with Gasteiger partial charge >= 0.3 is 12.3 Å². The third kappa shape index (κ3) is 4.86. The largest absolute Gasteiger partial charge is 0.573 e. The normalized spacial score (nSPS) is 17.1. The number of hydrogen-bond donors (Lipinski definition) is 1. The van der Waals surface area contributed by atoms with E-state index in [2.05, 4.69) is 24.8 Å². The molecule has 8 nitrogen and oxygen atoms in total. The lowest BCUT2D eigenvalue weighted by Crippen LogP contribution is -2.50. The highest BCUT2D eigenvalue weighted by atomic mass is 19.4. The summed E-state index contributed by atoms with van der Waals surface area (Å²) in [6.45, 7) is 0.0981. The highest BCUT2D eigenvalue weighted by Gasteiger charge is 2.43. The number of aromatic nitrogens is 2. The van der Waals surface area contributed by atoms with Crippen molar-refractivity contribution in [3.05, 3.63) is 83.2 Å². The number of halogens is 4. The molecule has 4 rings (SSSR count). The molecule has 0 radical (unpaired) electrons. The second-order valence-corrected chi connectivity index (χ2v) is 7.42. The molecule has 3 aromatic rings. The number of alkyl halides is 3. The van der Waals surface area contributed by atoms with Crippen LogP contribution in [0.25, 0.3) is 0 Å². The van der Waals surface area contributed by atoms with Crippen LogP contribution in [0.3, 0.4) is 0 Å². The maximum atomic E-state index is 14.7. The van der Waals surface area contributed by atoms with Crippen molar-refractivity contribution in [1.29, 1.82) is 0 Å². The summed E-state index contributed by atoms with van der Waals surface area (Å²) in [5.74, 6) is -3.31. The predicted octanol–water partition coefficient (Wildman–Crippen LogP) is 3.76. The van der Waals surface area contributed by atoms with E-state index >= 15 is 0 Å². The summed E-state index contributed by atoms with van der Waals surface area (Å²) in [6.07, 6.45) is -2.38. The number of carbonyl (C=O) groups is 2. The van der Waals surface area contributed by atoms with Gasteiger partial charge in [0.05, 0.1) is 19.3 Å². The number of pyridine rings is 2. The summed E-state index contributed by atoms with van der Waals surface area (Å²) in [5, 5.41) is 2.81. The molecule has 1 unspecified atom stereocenters. The number of rotatable bonds is 5. The molecule has 0 aliphatic carbocycles. The first-order valence-corrected chi connectivity index (χ1v) is 10.1. The summed E-state index contributed by atoms with van der Waals surface area (Å²) < 4.78 is 66.4. The fraction of sp³-hybridized carbons (Fsp3) is 0.217. The summed E-state index contributed by atoms with van der Waals surface area (Å²) in [7, 11) is 1.19. The van der Waals surface area contributed by atoms with E-state index in [1.807, 2.05) is 0 Å². The Morgan fingerprint density at radius 3 is 2.60 bits per heavy atom. The molecule has 0 spiro atoms. The molecular weight excluding hydrogens is 474 g/mol. The van der Waals surface area contributed by atoms with Crippen LogP contribution in [0.1, 0.15) is 38.5 Å². The van der Waals surface area contributed by atoms with Gasteiger partial charge in [-0.3, -0.25) is 9.78 Å². The molecule has 0 fully saturated rings. The molecule has 182 valence electrons. The van der Waals surface area contributed by atoms with Crippen LogP contribution in [0.15, 0.2) is 54.9 Å². The predicted molar refractivity (Wildman–Crippen MR) is 111 cm³/mol. The first kappa shape index (κ1) is 23.9. The third-order valence-electron chi connectivity index (χ3n) is 5.31. The quantitative estimate of drug-likeness (QED) is 0.429. The molecule has 0 saturated carbocycles. The number of nitrogens with zero attached hydrogens (tertiary/aromatic N) is 2. The minimum absolute atomic E-state index is 0.0147. The van der Waals surface area contributed by atoms with Crippen LogP contribution in [-0.2, 0) is 10.3 Å². The highest BCUT2D eigenvalue weighted by molar-refractivity contribution is 5.96. The highest BCUT2D eigenvalue weighted by Crippen LogP contribution is 2.42. The van der Waals surface area contributed by atoms with Crippen molar-refractivity contribution in [1.82, 2.24) is 15.3 Å². The van der Waals surface area contributed by atoms with Gasteiger partial charge in [-0.05, 0) is 42.0 Å². The maximum Gasteiger partial charge on any atom is 0.573 e. The second-order valence-electron chi connectivity index (χ2n) is 7.42. The van der Waals surface area contributed by atoms with Crippen molar-refractivity contribution in [3.8, 4) is 11.5 Å². The van der Waals surface area contributed by atoms with Gasteiger partial charge in [0.1, 0.15) is 22.7 Å². The number of esters is 1. The second kappa shape index (κ2) is 9.20. The molecule has 1 atom stereocenters. The summed E-state index contributed by atoms with van der Waals surface area (Å²) in [5.41, 5.74) is -1.04. The van der Waals surface area contributed by atoms with E-state index in [9.17, 15) is 27.2 Å². The zero-order valence-electron chi connectivity index (χ0n) is 18.1. The van der Waals surface area contributed by atoms with Crippen molar-refractivity contribution >= 4 is 11.9 Å². The molecule has 35 heavy (non-hydrogen) atoms. The number of fused-ring (bicyclic) bond motifs is 1. The van der Waals surface area contributed by atoms with Gasteiger partial charge in [0, 0.05) is 18.8 Å². The van der Waals surface area contributed by atoms with E-state index in [-0.39, 0.29) is 35.5 Å². The van der Waals surface area contributed by atoms with E-state index < -0.39 is 35.3 Å². The van der Waals surface area contributed by atoms with Crippen LogP contribution in [0, 0.1) is 5.82 Å². The number of methoxy groups -OCH3 is 1. The average Bonchev–Trinajstić information content (AvgIpc) is 2.84. The van der Waals surface area contributed by atoms with E-state index in [0.29, 0.717) is 5.75 Å². The van der Waals surface area contributed by atoms with Crippen molar-refractivity contribution in [2.24, 2.45) is 0 Å². The standard InChI is InChI=1S/C23H17F4N3O5/c1-33-21(32)16-6-4-13(12-29-16)20(31)30-22(8-10-34-18-3-2-9-28-19(18)22)14-5-7-17(15(24)11-14)35-23(25,26)27/h2-7,9,11-12H,8,10H2,1H3,(H,30,31). The Bertz CT molecular complexity index is 1270. The molecule has 2 aromatic heterocycles. The van der Waals surface area contributed by atoms with Gasteiger partial charge in [-0.15, -0.1) is 13.2 Å². The van der Waals surface area contributed by atoms with Crippen LogP contribution in [0.4, 0.5) is 17.6 Å². The Morgan fingerprint density at radius 1 is 1.14 bits per heavy atom. The van der Waals surface area contributed by atoms with Crippen LogP contribution >= 0.6 is 0 Å². The molecule has 12 heteroatoms. The van der Waals surface area contributed by atoms with Gasteiger partial charge in [-0.2, -0.15) is 0 Å². The molecular formula is C23H17F4N3O5. The first-order valence-electron chi connectivity index (χ1n) is 10.1. The number of hydrogen-bond acceptors (Lipinski definition) is 7. The minimum Gasteiger partial charge on any atom is -0.491 e. The molecule has 3 heterocycles. The summed E-state index contributed by atoms with van der Waals surface area (Å²) >= 11 is 0. The van der Waals surface area contributed by atoms with Crippen molar-refractivity contribution < 1.29 is 41.4 Å². The summed E-state index contributed by atoms with van der Waals surface area (Å²) in [4.78, 5) is 33.0. The van der Waals surface area contributed by atoms with Crippen LogP contribution < -0.4 is 14.8 Å². The van der Waals surface area contributed by atoms with Crippen molar-refractivity contribution in [3.63, 3.8) is 0 Å². The van der Waals surface area contributed by atoms with Gasteiger partial charge in [0.2, 0.25) is 0 Å². The van der Waals surface area contributed by atoms with Crippen molar-refractivity contribution in [2.75, 3.05) is 13.7 Å². The van der Waals surface area contributed by atoms with Gasteiger partial charge in [-0.1, -0.05) is 6.07 Å². The van der Waals surface area contributed by atoms with Crippen LogP contribution in [0.2, 0.25) is 0 Å². The topological polar surface area (TPSA) is 99.6 Å². The zero-order valence-corrected chi connectivity index (χ0v) is 18.1. The fourth-order valence-corrected chi connectivity index (χ4v) is 3.73. The molecule has 1 aliphatic heterocycles. The number of ether oxygens (including phenoxy) is 3. The fourth-order valence-electron chi connectivity index (χ4n) is 3.73. The summed E-state index contributed by atoms with van der Waals surface area (Å²) in [6, 6.07) is 8.75. The third-order valence-corrected chi connectivity index (χ3v) is 5.31. The molecule has 1 aliphatic rings. The monoisotopic (exact) mass is 491 g/mol. The molecule has 1 N–H and O–H groups in total. The number of benzene rings is 1. The van der Waals surface area contributed by atoms with Crippen molar-refractivity contribution in [2.45, 2.75) is 18.3 Å².